The monoisotopic (exact) mass is 185 g/mol. The fourth-order valence-electron chi connectivity index (χ4n) is 1.95. The highest BCUT2D eigenvalue weighted by atomic mass is 16.5. The summed E-state index contributed by atoms with van der Waals surface area (Å²) < 4.78 is 10.3. The van der Waals surface area contributed by atoms with E-state index in [4.69, 9.17) is 9.47 Å². The smallest absolute Gasteiger partial charge is 0.323 e. The molecule has 0 saturated carbocycles. The van der Waals surface area contributed by atoms with Crippen molar-refractivity contribution < 1.29 is 14.3 Å². The Morgan fingerprint density at radius 2 is 2.31 bits per heavy atom. The highest BCUT2D eigenvalue weighted by molar-refractivity contribution is 5.77. The van der Waals surface area contributed by atoms with Crippen molar-refractivity contribution in [3.8, 4) is 0 Å². The number of hydrogen-bond donors (Lipinski definition) is 0. The number of ether oxygens (including phenoxy) is 2. The van der Waals surface area contributed by atoms with Crippen LogP contribution in [0.25, 0.3) is 0 Å². The standard InChI is InChI=1S/C9H15NO3/c1-7-6-10(3-5-12-7)8-2-4-13-9(8)11/h7-8H,2-6H2,1H3/t7-,8?/m0/s1. The maximum atomic E-state index is 11.3. The molecule has 2 aliphatic heterocycles. The van der Waals surface area contributed by atoms with E-state index in [0.717, 1.165) is 26.1 Å². The third-order valence-corrected chi connectivity index (χ3v) is 2.62. The van der Waals surface area contributed by atoms with Crippen LogP contribution in [-0.4, -0.2) is 49.3 Å². The zero-order valence-electron chi connectivity index (χ0n) is 7.86. The molecule has 2 fully saturated rings. The lowest BCUT2D eigenvalue weighted by Gasteiger charge is -2.33. The lowest BCUT2D eigenvalue weighted by molar-refractivity contribution is -0.144. The van der Waals surface area contributed by atoms with Gasteiger partial charge in [-0.1, -0.05) is 0 Å². The first-order valence-electron chi connectivity index (χ1n) is 4.79. The van der Waals surface area contributed by atoms with Gasteiger partial charge in [0.25, 0.3) is 0 Å². The molecule has 2 aliphatic rings. The number of esters is 1. The molecule has 0 amide bonds. The molecule has 0 radical (unpaired) electrons. The van der Waals surface area contributed by atoms with Gasteiger partial charge in [0.1, 0.15) is 6.04 Å². The van der Waals surface area contributed by atoms with Crippen LogP contribution in [0.15, 0.2) is 0 Å². The first-order valence-corrected chi connectivity index (χ1v) is 4.79. The summed E-state index contributed by atoms with van der Waals surface area (Å²) in [4.78, 5) is 13.4. The lowest BCUT2D eigenvalue weighted by Crippen LogP contribution is -2.48. The topological polar surface area (TPSA) is 38.8 Å². The predicted molar refractivity (Wildman–Crippen MR) is 46.4 cm³/mol. The summed E-state index contributed by atoms with van der Waals surface area (Å²) in [5.41, 5.74) is 0. The van der Waals surface area contributed by atoms with Gasteiger partial charge >= 0.3 is 5.97 Å². The summed E-state index contributed by atoms with van der Waals surface area (Å²) in [6.07, 6.45) is 1.08. The molecule has 2 rings (SSSR count). The fraction of sp³-hybridized carbons (Fsp3) is 0.889. The minimum atomic E-state index is -0.0610. The summed E-state index contributed by atoms with van der Waals surface area (Å²) >= 11 is 0. The molecule has 13 heavy (non-hydrogen) atoms. The van der Waals surface area contributed by atoms with E-state index in [1.807, 2.05) is 6.92 Å². The highest BCUT2D eigenvalue weighted by Crippen LogP contribution is 2.17. The zero-order valence-corrected chi connectivity index (χ0v) is 7.86. The minimum Gasteiger partial charge on any atom is -0.464 e. The number of nitrogens with zero attached hydrogens (tertiary/aromatic N) is 1. The van der Waals surface area contributed by atoms with Gasteiger partial charge in [-0.25, -0.2) is 0 Å². The Morgan fingerprint density at radius 1 is 1.46 bits per heavy atom. The molecule has 0 bridgehead atoms. The molecule has 0 aromatic carbocycles. The molecule has 0 N–H and O–H groups in total. The quantitative estimate of drug-likeness (QED) is 0.540. The second-order valence-corrected chi connectivity index (χ2v) is 3.65. The second-order valence-electron chi connectivity index (χ2n) is 3.65. The van der Waals surface area contributed by atoms with Gasteiger partial charge in [-0.15, -0.1) is 0 Å². The summed E-state index contributed by atoms with van der Waals surface area (Å²) in [6.45, 7) is 5.04. The van der Waals surface area contributed by atoms with E-state index in [0.29, 0.717) is 6.61 Å². The van der Waals surface area contributed by atoms with Crippen LogP contribution in [0, 0.1) is 0 Å². The Balaban J connectivity index is 1.95. The summed E-state index contributed by atoms with van der Waals surface area (Å²) in [5.74, 6) is -0.0610. The lowest BCUT2D eigenvalue weighted by atomic mass is 10.2. The van der Waals surface area contributed by atoms with Gasteiger partial charge < -0.3 is 9.47 Å². The maximum absolute atomic E-state index is 11.3. The molecule has 4 heteroatoms. The van der Waals surface area contributed by atoms with Gasteiger partial charge in [0.05, 0.1) is 19.3 Å². The Labute approximate surface area is 77.8 Å². The highest BCUT2D eigenvalue weighted by Gasteiger charge is 2.34. The molecule has 1 unspecified atom stereocenters. The van der Waals surface area contributed by atoms with Crippen LogP contribution in [0.5, 0.6) is 0 Å². The third-order valence-electron chi connectivity index (χ3n) is 2.62. The van der Waals surface area contributed by atoms with Gasteiger partial charge in [-0.3, -0.25) is 9.69 Å². The molecular weight excluding hydrogens is 170 g/mol. The largest absolute Gasteiger partial charge is 0.464 e. The van der Waals surface area contributed by atoms with Crippen molar-refractivity contribution in [2.75, 3.05) is 26.3 Å². The van der Waals surface area contributed by atoms with Crippen molar-refractivity contribution in [3.05, 3.63) is 0 Å². The number of carbonyl (C=O) groups is 1. The number of morpholine rings is 1. The normalized spacial score (nSPS) is 36.2. The molecule has 0 spiro atoms. The Bertz CT molecular complexity index is 207. The van der Waals surface area contributed by atoms with Crippen molar-refractivity contribution in [1.29, 1.82) is 0 Å². The minimum absolute atomic E-state index is 0.00801. The van der Waals surface area contributed by atoms with Crippen molar-refractivity contribution in [2.24, 2.45) is 0 Å². The van der Waals surface area contributed by atoms with Gasteiger partial charge in [0, 0.05) is 19.5 Å². The Hall–Kier alpha value is -0.610. The number of rotatable bonds is 1. The fourth-order valence-corrected chi connectivity index (χ4v) is 1.95. The number of cyclic esters (lactones) is 1. The molecule has 74 valence electrons. The van der Waals surface area contributed by atoms with E-state index < -0.39 is 0 Å². The first kappa shape index (κ1) is 8.97. The first-order chi connectivity index (χ1) is 6.27. The van der Waals surface area contributed by atoms with Crippen molar-refractivity contribution in [1.82, 2.24) is 4.90 Å². The summed E-state index contributed by atoms with van der Waals surface area (Å²) in [5, 5.41) is 0. The number of hydrogen-bond acceptors (Lipinski definition) is 4. The van der Waals surface area contributed by atoms with E-state index in [-0.39, 0.29) is 18.1 Å². The van der Waals surface area contributed by atoms with Gasteiger partial charge in [-0.05, 0) is 6.92 Å². The van der Waals surface area contributed by atoms with Crippen molar-refractivity contribution in [2.45, 2.75) is 25.5 Å². The van der Waals surface area contributed by atoms with Crippen LogP contribution < -0.4 is 0 Å². The maximum Gasteiger partial charge on any atom is 0.323 e. The number of carbonyl (C=O) groups excluding carboxylic acids is 1. The zero-order chi connectivity index (χ0) is 9.26. The van der Waals surface area contributed by atoms with Crippen LogP contribution in [0.4, 0.5) is 0 Å². The summed E-state index contributed by atoms with van der Waals surface area (Å²) in [6, 6.07) is -0.00801. The van der Waals surface area contributed by atoms with E-state index >= 15 is 0 Å². The van der Waals surface area contributed by atoms with Crippen molar-refractivity contribution >= 4 is 5.97 Å². The van der Waals surface area contributed by atoms with E-state index in [9.17, 15) is 4.79 Å². The van der Waals surface area contributed by atoms with Gasteiger partial charge in [0.2, 0.25) is 0 Å². The second kappa shape index (κ2) is 3.64. The molecule has 2 heterocycles. The van der Waals surface area contributed by atoms with Gasteiger partial charge in [0.15, 0.2) is 0 Å². The Kier molecular flexibility index (Phi) is 2.51. The van der Waals surface area contributed by atoms with Crippen LogP contribution in [0.1, 0.15) is 13.3 Å². The average Bonchev–Trinajstić information content (AvgIpc) is 2.51. The predicted octanol–water partition coefficient (Wildman–Crippen LogP) is 0.0226. The Morgan fingerprint density at radius 3 is 2.92 bits per heavy atom. The summed E-state index contributed by atoms with van der Waals surface area (Å²) in [7, 11) is 0. The van der Waals surface area contributed by atoms with E-state index in [1.54, 1.807) is 0 Å². The molecule has 0 aliphatic carbocycles. The van der Waals surface area contributed by atoms with Crippen LogP contribution in [-0.2, 0) is 14.3 Å². The van der Waals surface area contributed by atoms with E-state index in [1.165, 1.54) is 0 Å². The molecule has 0 aromatic heterocycles. The van der Waals surface area contributed by atoms with E-state index in [2.05, 4.69) is 4.90 Å². The average molecular weight is 185 g/mol. The van der Waals surface area contributed by atoms with Gasteiger partial charge in [-0.2, -0.15) is 0 Å². The van der Waals surface area contributed by atoms with Crippen LogP contribution in [0.3, 0.4) is 0 Å². The molecular formula is C9H15NO3. The third kappa shape index (κ3) is 1.84. The molecule has 0 aromatic rings. The van der Waals surface area contributed by atoms with Crippen LogP contribution in [0.2, 0.25) is 0 Å². The molecule has 2 atom stereocenters. The molecule has 2 saturated heterocycles. The van der Waals surface area contributed by atoms with Crippen LogP contribution >= 0.6 is 0 Å². The molecule has 4 nitrogen and oxygen atoms in total. The SMILES string of the molecule is C[C@H]1CN(C2CCOC2=O)CCO1. The van der Waals surface area contributed by atoms with Crippen molar-refractivity contribution in [3.63, 3.8) is 0 Å².